The van der Waals surface area contributed by atoms with Gasteiger partial charge in [-0.3, -0.25) is 0 Å². The molecule has 0 heterocycles. The molecule has 0 radical (unpaired) electrons. The van der Waals surface area contributed by atoms with Gasteiger partial charge in [0.05, 0.1) is 0 Å². The van der Waals surface area contributed by atoms with Crippen LogP contribution in [0.5, 0.6) is 0 Å². The monoisotopic (exact) mass is 125 g/mol. The van der Waals surface area contributed by atoms with Crippen LogP contribution in [-0.4, -0.2) is 6.04 Å². The van der Waals surface area contributed by atoms with Crippen molar-refractivity contribution in [1.82, 2.24) is 0 Å². The minimum absolute atomic E-state index is 0.296. The molecule has 0 bridgehead atoms. The maximum atomic E-state index is 8.07. The van der Waals surface area contributed by atoms with Gasteiger partial charge in [-0.25, -0.2) is 0 Å². The van der Waals surface area contributed by atoms with Gasteiger partial charge in [0, 0.05) is 11.0 Å². The van der Waals surface area contributed by atoms with E-state index >= 15 is 0 Å². The van der Waals surface area contributed by atoms with Crippen molar-refractivity contribution in [3.63, 3.8) is 0 Å². The molecule has 3 heteroatoms. The van der Waals surface area contributed by atoms with E-state index in [1.807, 2.05) is 0 Å². The maximum Gasteiger partial charge on any atom is 0.0376 e. The minimum Gasteiger partial charge on any atom is -0.0906 e. The molecule has 1 rings (SSSR count). The van der Waals surface area contributed by atoms with Crippen LogP contribution in [0.1, 0.15) is 26.2 Å². The normalized spacial score (nSPS) is 33.9. The molecule has 0 amide bonds. The minimum atomic E-state index is 0.296. The van der Waals surface area contributed by atoms with Crippen LogP contribution in [0, 0.1) is 5.92 Å². The Labute approximate surface area is 54.7 Å². The van der Waals surface area contributed by atoms with Gasteiger partial charge in [-0.15, -0.1) is 0 Å². The lowest BCUT2D eigenvalue weighted by molar-refractivity contribution is 0.593. The maximum absolute atomic E-state index is 8.07. The highest BCUT2D eigenvalue weighted by Gasteiger charge is 2.19. The van der Waals surface area contributed by atoms with Gasteiger partial charge in [-0.2, -0.15) is 0 Å². The molecule has 1 aliphatic carbocycles. The average molecular weight is 125 g/mol. The fourth-order valence-corrected chi connectivity index (χ4v) is 1.35. The first-order valence-corrected chi connectivity index (χ1v) is 3.37. The zero-order chi connectivity index (χ0) is 6.69. The van der Waals surface area contributed by atoms with Gasteiger partial charge >= 0.3 is 0 Å². The molecule has 0 aromatic heterocycles. The number of rotatable bonds is 1. The summed E-state index contributed by atoms with van der Waals surface area (Å²) in [7, 11) is 0. The van der Waals surface area contributed by atoms with Gasteiger partial charge < -0.3 is 0 Å². The molecule has 2 atom stereocenters. The first kappa shape index (κ1) is 6.43. The van der Waals surface area contributed by atoms with Gasteiger partial charge in [0.1, 0.15) is 0 Å². The largest absolute Gasteiger partial charge is 0.0906 e. The molecule has 1 aliphatic rings. The summed E-state index contributed by atoms with van der Waals surface area (Å²) in [6.07, 6.45) is 3.40. The van der Waals surface area contributed by atoms with Gasteiger partial charge in [0.25, 0.3) is 0 Å². The quantitative estimate of drug-likeness (QED) is 0.293. The molecule has 1 saturated carbocycles. The number of azide groups is 1. The van der Waals surface area contributed by atoms with Crippen LogP contribution < -0.4 is 0 Å². The Kier molecular flexibility index (Phi) is 1.96. The lowest BCUT2D eigenvalue weighted by Gasteiger charge is -1.96. The third-order valence-electron chi connectivity index (χ3n) is 1.88. The molecule has 0 saturated heterocycles. The average Bonchev–Trinajstić information content (AvgIpc) is 2.17. The zero-order valence-corrected chi connectivity index (χ0v) is 5.62. The van der Waals surface area contributed by atoms with Crippen molar-refractivity contribution in [3.05, 3.63) is 10.4 Å². The zero-order valence-electron chi connectivity index (χ0n) is 5.62. The lowest BCUT2D eigenvalue weighted by atomic mass is 10.1. The van der Waals surface area contributed by atoms with E-state index in [4.69, 9.17) is 5.53 Å². The predicted octanol–water partition coefficient (Wildman–Crippen LogP) is 2.49. The van der Waals surface area contributed by atoms with Crippen LogP contribution in [0.15, 0.2) is 5.11 Å². The summed E-state index contributed by atoms with van der Waals surface area (Å²) in [4.78, 5) is 2.78. The molecular weight excluding hydrogens is 114 g/mol. The number of hydrogen-bond acceptors (Lipinski definition) is 1. The van der Waals surface area contributed by atoms with Crippen LogP contribution in [0.2, 0.25) is 0 Å². The molecule has 3 nitrogen and oxygen atoms in total. The van der Waals surface area contributed by atoms with Crippen LogP contribution in [-0.2, 0) is 0 Å². The Hall–Kier alpha value is -0.690. The highest BCUT2D eigenvalue weighted by molar-refractivity contribution is 4.77. The molecule has 0 spiro atoms. The van der Waals surface area contributed by atoms with Crippen molar-refractivity contribution in [1.29, 1.82) is 0 Å². The molecule has 50 valence electrons. The van der Waals surface area contributed by atoms with E-state index in [1.54, 1.807) is 0 Å². The summed E-state index contributed by atoms with van der Waals surface area (Å²) in [6, 6.07) is 0.296. The van der Waals surface area contributed by atoms with Crippen molar-refractivity contribution in [3.8, 4) is 0 Å². The first-order chi connectivity index (χ1) is 4.33. The SMILES string of the molecule is C[C@H]1CC[C@H](N=[N+]=[N-])C1. The highest BCUT2D eigenvalue weighted by atomic mass is 15.1. The summed E-state index contributed by atoms with van der Waals surface area (Å²) in [5.41, 5.74) is 8.07. The van der Waals surface area contributed by atoms with Crippen molar-refractivity contribution in [2.45, 2.75) is 32.2 Å². The van der Waals surface area contributed by atoms with E-state index in [0.717, 1.165) is 18.8 Å². The second kappa shape index (κ2) is 2.74. The summed E-state index contributed by atoms with van der Waals surface area (Å²) >= 11 is 0. The second-order valence-corrected chi connectivity index (χ2v) is 2.78. The van der Waals surface area contributed by atoms with E-state index in [1.165, 1.54) is 6.42 Å². The molecular formula is C6H11N3. The smallest absolute Gasteiger partial charge is 0.0376 e. The topological polar surface area (TPSA) is 48.8 Å². The summed E-state index contributed by atoms with van der Waals surface area (Å²) in [5, 5.41) is 3.65. The van der Waals surface area contributed by atoms with Crippen LogP contribution in [0.3, 0.4) is 0 Å². The Balaban J connectivity index is 2.38. The van der Waals surface area contributed by atoms with E-state index in [0.29, 0.717) is 6.04 Å². The van der Waals surface area contributed by atoms with Gasteiger partial charge in [-0.1, -0.05) is 18.5 Å². The summed E-state index contributed by atoms with van der Waals surface area (Å²) in [6.45, 7) is 2.20. The Morgan fingerprint density at radius 1 is 1.56 bits per heavy atom. The molecule has 1 fully saturated rings. The second-order valence-electron chi connectivity index (χ2n) is 2.78. The fourth-order valence-electron chi connectivity index (χ4n) is 1.35. The van der Waals surface area contributed by atoms with Crippen molar-refractivity contribution in [2.75, 3.05) is 0 Å². The van der Waals surface area contributed by atoms with Gasteiger partial charge in [0.2, 0.25) is 0 Å². The molecule has 0 unspecified atom stereocenters. The summed E-state index contributed by atoms with van der Waals surface area (Å²) < 4.78 is 0. The predicted molar refractivity (Wildman–Crippen MR) is 35.9 cm³/mol. The van der Waals surface area contributed by atoms with E-state index in [2.05, 4.69) is 16.9 Å². The molecule has 0 aromatic carbocycles. The fraction of sp³-hybridized carbons (Fsp3) is 1.00. The van der Waals surface area contributed by atoms with Crippen LogP contribution in [0.25, 0.3) is 10.4 Å². The van der Waals surface area contributed by atoms with Gasteiger partial charge in [0.15, 0.2) is 0 Å². The van der Waals surface area contributed by atoms with E-state index in [-0.39, 0.29) is 0 Å². The molecule has 0 aliphatic heterocycles. The van der Waals surface area contributed by atoms with Gasteiger partial charge in [-0.05, 0) is 24.3 Å². The van der Waals surface area contributed by atoms with Crippen LogP contribution >= 0.6 is 0 Å². The third-order valence-corrected chi connectivity index (χ3v) is 1.88. The first-order valence-electron chi connectivity index (χ1n) is 3.37. The van der Waals surface area contributed by atoms with Crippen molar-refractivity contribution >= 4 is 0 Å². The van der Waals surface area contributed by atoms with E-state index in [9.17, 15) is 0 Å². The molecule has 0 aromatic rings. The van der Waals surface area contributed by atoms with E-state index < -0.39 is 0 Å². The van der Waals surface area contributed by atoms with Crippen molar-refractivity contribution in [2.24, 2.45) is 11.0 Å². The van der Waals surface area contributed by atoms with Crippen LogP contribution in [0.4, 0.5) is 0 Å². The third kappa shape index (κ3) is 1.61. The molecule has 9 heavy (non-hydrogen) atoms. The Bertz CT molecular complexity index is 137. The van der Waals surface area contributed by atoms with Crippen molar-refractivity contribution < 1.29 is 0 Å². The highest BCUT2D eigenvalue weighted by Crippen LogP contribution is 2.26. The standard InChI is InChI=1S/C6H11N3/c1-5-2-3-6(4-5)8-9-7/h5-6H,2-4H2,1H3/t5-,6-/m0/s1. The number of nitrogens with zero attached hydrogens (tertiary/aromatic N) is 3. The number of hydrogen-bond donors (Lipinski definition) is 0. The summed E-state index contributed by atoms with van der Waals surface area (Å²) in [5.74, 6) is 0.764. The molecule has 0 N–H and O–H groups in total. The Morgan fingerprint density at radius 2 is 2.33 bits per heavy atom. The lowest BCUT2D eigenvalue weighted by Crippen LogP contribution is -1.94. The Morgan fingerprint density at radius 3 is 2.78 bits per heavy atom.